The summed E-state index contributed by atoms with van der Waals surface area (Å²) >= 11 is 0. The number of benzene rings is 1. The Morgan fingerprint density at radius 2 is 1.79 bits per heavy atom. The molecule has 1 nitrogen and oxygen atoms in total. The molecule has 4 atom stereocenters. The average Bonchev–Trinajstić information content (AvgIpc) is 2.44. The van der Waals surface area contributed by atoms with Gasteiger partial charge in [-0.15, -0.1) is 0 Å². The van der Waals surface area contributed by atoms with E-state index in [1.807, 2.05) is 0 Å². The summed E-state index contributed by atoms with van der Waals surface area (Å²) in [7, 11) is 0. The summed E-state index contributed by atoms with van der Waals surface area (Å²) in [5, 5.41) is 3.98. The first-order valence-corrected chi connectivity index (χ1v) is 8.07. The van der Waals surface area contributed by atoms with Crippen molar-refractivity contribution in [2.24, 2.45) is 11.8 Å². The van der Waals surface area contributed by atoms with Crippen LogP contribution in [0.3, 0.4) is 0 Å². The minimum atomic E-state index is 0.702. The van der Waals surface area contributed by atoms with E-state index in [4.69, 9.17) is 0 Å². The molecule has 1 aromatic carbocycles. The van der Waals surface area contributed by atoms with E-state index in [2.05, 4.69) is 43.4 Å². The second-order valence-corrected chi connectivity index (χ2v) is 6.75. The van der Waals surface area contributed by atoms with Crippen molar-refractivity contribution in [2.45, 2.75) is 64.5 Å². The Labute approximate surface area is 117 Å². The molecule has 1 N–H and O–H groups in total. The third kappa shape index (κ3) is 2.86. The molecule has 1 aromatic rings. The van der Waals surface area contributed by atoms with Gasteiger partial charge in [-0.25, -0.2) is 0 Å². The fourth-order valence-electron chi connectivity index (χ4n) is 3.96. The zero-order valence-corrected chi connectivity index (χ0v) is 12.4. The van der Waals surface area contributed by atoms with Gasteiger partial charge in [0.2, 0.25) is 0 Å². The van der Waals surface area contributed by atoms with Gasteiger partial charge in [0.05, 0.1) is 0 Å². The van der Waals surface area contributed by atoms with E-state index in [1.54, 1.807) is 11.1 Å². The Hall–Kier alpha value is -0.820. The highest BCUT2D eigenvalue weighted by Gasteiger charge is 2.29. The summed E-state index contributed by atoms with van der Waals surface area (Å²) in [5.74, 6) is 1.73. The minimum Gasteiger partial charge on any atom is -0.311 e. The molecule has 4 unspecified atom stereocenters. The first-order chi connectivity index (χ1) is 9.24. The second-order valence-electron chi connectivity index (χ2n) is 6.75. The average molecular weight is 257 g/mol. The molecule has 0 aliphatic heterocycles. The monoisotopic (exact) mass is 257 g/mol. The molecule has 0 aromatic heterocycles. The Morgan fingerprint density at radius 1 is 1.00 bits per heavy atom. The van der Waals surface area contributed by atoms with Crippen molar-refractivity contribution in [3.8, 4) is 0 Å². The van der Waals surface area contributed by atoms with Crippen LogP contribution in [0.4, 0.5) is 0 Å². The third-order valence-electron chi connectivity index (χ3n) is 5.50. The zero-order valence-electron chi connectivity index (χ0n) is 12.4. The summed E-state index contributed by atoms with van der Waals surface area (Å²) in [4.78, 5) is 0. The summed E-state index contributed by atoms with van der Waals surface area (Å²) in [6.07, 6.45) is 8.01. The highest BCUT2D eigenvalue weighted by Crippen LogP contribution is 2.31. The zero-order chi connectivity index (χ0) is 13.2. The second kappa shape index (κ2) is 5.66. The van der Waals surface area contributed by atoms with Gasteiger partial charge in [-0.2, -0.15) is 0 Å². The fraction of sp³-hybridized carbons (Fsp3) is 0.667. The van der Waals surface area contributed by atoms with Crippen LogP contribution >= 0.6 is 0 Å². The minimum absolute atomic E-state index is 0.702. The van der Waals surface area contributed by atoms with Crippen LogP contribution in [0.25, 0.3) is 0 Å². The van der Waals surface area contributed by atoms with Gasteiger partial charge in [0.25, 0.3) is 0 Å². The van der Waals surface area contributed by atoms with Crippen molar-refractivity contribution in [3.63, 3.8) is 0 Å². The first kappa shape index (κ1) is 13.2. The lowest BCUT2D eigenvalue weighted by Crippen LogP contribution is -2.47. The SMILES string of the molecule is CC1CCCC(NC2CCc3ccccc3C2)C1C. The molecule has 0 spiro atoms. The van der Waals surface area contributed by atoms with E-state index in [-0.39, 0.29) is 0 Å². The molecule has 0 amide bonds. The summed E-state index contributed by atoms with van der Waals surface area (Å²) in [6, 6.07) is 10.4. The fourth-order valence-corrected chi connectivity index (χ4v) is 3.96. The van der Waals surface area contributed by atoms with Crippen LogP contribution < -0.4 is 5.32 Å². The van der Waals surface area contributed by atoms with Crippen molar-refractivity contribution < 1.29 is 0 Å². The quantitative estimate of drug-likeness (QED) is 0.845. The number of hydrogen-bond donors (Lipinski definition) is 1. The smallest absolute Gasteiger partial charge is 0.0113 e. The third-order valence-corrected chi connectivity index (χ3v) is 5.50. The standard InChI is InChI=1S/C18H27N/c1-13-6-5-9-18(14(13)2)19-17-11-10-15-7-3-4-8-16(15)12-17/h3-4,7-8,13-14,17-19H,5-6,9-12H2,1-2H3. The van der Waals surface area contributed by atoms with Crippen molar-refractivity contribution in [2.75, 3.05) is 0 Å². The van der Waals surface area contributed by atoms with Crippen LogP contribution in [0.15, 0.2) is 24.3 Å². The van der Waals surface area contributed by atoms with E-state index >= 15 is 0 Å². The topological polar surface area (TPSA) is 12.0 Å². The molecule has 2 aliphatic rings. The van der Waals surface area contributed by atoms with Crippen LogP contribution in [0, 0.1) is 11.8 Å². The van der Waals surface area contributed by atoms with E-state index in [1.165, 1.54) is 38.5 Å². The molecule has 0 radical (unpaired) electrons. The molecular formula is C18H27N. The van der Waals surface area contributed by atoms with Crippen molar-refractivity contribution in [1.82, 2.24) is 5.32 Å². The van der Waals surface area contributed by atoms with Gasteiger partial charge in [-0.05, 0) is 48.6 Å². The van der Waals surface area contributed by atoms with E-state index in [9.17, 15) is 0 Å². The Kier molecular flexibility index (Phi) is 3.93. The van der Waals surface area contributed by atoms with Gasteiger partial charge in [-0.1, -0.05) is 51.0 Å². The van der Waals surface area contributed by atoms with Gasteiger partial charge in [0, 0.05) is 12.1 Å². The molecular weight excluding hydrogens is 230 g/mol. The summed E-state index contributed by atoms with van der Waals surface area (Å²) in [5.41, 5.74) is 3.15. The maximum atomic E-state index is 3.98. The lowest BCUT2D eigenvalue weighted by atomic mass is 9.77. The van der Waals surface area contributed by atoms with E-state index in [0.717, 1.165) is 17.9 Å². The molecule has 1 fully saturated rings. The maximum absolute atomic E-state index is 3.98. The van der Waals surface area contributed by atoms with E-state index in [0.29, 0.717) is 6.04 Å². The lowest BCUT2D eigenvalue weighted by molar-refractivity contribution is 0.189. The van der Waals surface area contributed by atoms with Crippen LogP contribution in [-0.2, 0) is 12.8 Å². The molecule has 1 heteroatoms. The molecule has 3 rings (SSSR count). The molecule has 1 saturated carbocycles. The van der Waals surface area contributed by atoms with E-state index < -0.39 is 0 Å². The Bertz CT molecular complexity index is 425. The number of hydrogen-bond acceptors (Lipinski definition) is 1. The lowest BCUT2D eigenvalue weighted by Gasteiger charge is -2.38. The van der Waals surface area contributed by atoms with Crippen molar-refractivity contribution in [1.29, 1.82) is 0 Å². The predicted molar refractivity (Wildman–Crippen MR) is 81.4 cm³/mol. The highest BCUT2D eigenvalue weighted by atomic mass is 15.0. The van der Waals surface area contributed by atoms with Crippen LogP contribution in [0.1, 0.15) is 50.7 Å². The van der Waals surface area contributed by atoms with Crippen molar-refractivity contribution in [3.05, 3.63) is 35.4 Å². The van der Waals surface area contributed by atoms with Gasteiger partial charge in [0.15, 0.2) is 0 Å². The predicted octanol–water partition coefficient (Wildman–Crippen LogP) is 3.96. The first-order valence-electron chi connectivity index (χ1n) is 8.07. The molecule has 2 aliphatic carbocycles. The normalized spacial score (nSPS) is 34.8. The molecule has 19 heavy (non-hydrogen) atoms. The summed E-state index contributed by atoms with van der Waals surface area (Å²) < 4.78 is 0. The number of fused-ring (bicyclic) bond motifs is 1. The molecule has 0 heterocycles. The molecule has 0 saturated heterocycles. The van der Waals surface area contributed by atoms with Crippen LogP contribution in [0.5, 0.6) is 0 Å². The van der Waals surface area contributed by atoms with Gasteiger partial charge in [-0.3, -0.25) is 0 Å². The Morgan fingerprint density at radius 3 is 2.63 bits per heavy atom. The van der Waals surface area contributed by atoms with Crippen LogP contribution in [-0.4, -0.2) is 12.1 Å². The Balaban J connectivity index is 1.63. The van der Waals surface area contributed by atoms with Gasteiger partial charge >= 0.3 is 0 Å². The number of nitrogens with one attached hydrogen (secondary N) is 1. The van der Waals surface area contributed by atoms with Crippen LogP contribution in [0.2, 0.25) is 0 Å². The van der Waals surface area contributed by atoms with Crippen molar-refractivity contribution >= 4 is 0 Å². The van der Waals surface area contributed by atoms with Gasteiger partial charge < -0.3 is 5.32 Å². The largest absolute Gasteiger partial charge is 0.311 e. The number of aryl methyl sites for hydroxylation is 1. The maximum Gasteiger partial charge on any atom is 0.0113 e. The van der Waals surface area contributed by atoms with Gasteiger partial charge in [0.1, 0.15) is 0 Å². The molecule has 104 valence electrons. The number of rotatable bonds is 2. The molecule has 0 bridgehead atoms. The summed E-state index contributed by atoms with van der Waals surface area (Å²) in [6.45, 7) is 4.87. The highest BCUT2D eigenvalue weighted by molar-refractivity contribution is 5.30.